The van der Waals surface area contributed by atoms with Crippen molar-refractivity contribution >= 4 is 23.0 Å². The number of aromatic nitrogens is 1. The smallest absolute Gasteiger partial charge is 0.326 e. The lowest BCUT2D eigenvalue weighted by molar-refractivity contribution is -0.139. The third-order valence-electron chi connectivity index (χ3n) is 6.19. The highest BCUT2D eigenvalue weighted by atomic mass is 16.5. The summed E-state index contributed by atoms with van der Waals surface area (Å²) >= 11 is 0. The van der Waals surface area contributed by atoms with Crippen LogP contribution >= 0.6 is 0 Å². The first-order chi connectivity index (χ1) is 16.6. The Bertz CT molecular complexity index is 1060. The maximum atomic E-state index is 12.5. The Labute approximate surface area is 198 Å². The average molecular weight is 466 g/mol. The lowest BCUT2D eigenvalue weighted by Gasteiger charge is -2.22. The minimum absolute atomic E-state index is 0.137. The number of oxazole rings is 1. The number of amides is 1. The van der Waals surface area contributed by atoms with E-state index in [2.05, 4.69) is 15.6 Å². The fraction of sp³-hybridized carbons (Fsp3) is 0.423. The molecule has 3 aromatic rings. The highest BCUT2D eigenvalue weighted by Gasteiger charge is 2.24. The number of aliphatic carboxylic acids is 1. The van der Waals surface area contributed by atoms with Gasteiger partial charge in [-0.2, -0.15) is 0 Å². The Kier molecular flexibility index (Phi) is 8.14. The predicted octanol–water partition coefficient (Wildman–Crippen LogP) is 3.80. The number of unbranched alkanes of at least 4 members (excludes halogenated alkanes) is 1. The van der Waals surface area contributed by atoms with Gasteiger partial charge in [-0.1, -0.05) is 30.7 Å². The van der Waals surface area contributed by atoms with Crippen LogP contribution in [0.15, 0.2) is 52.9 Å². The van der Waals surface area contributed by atoms with Crippen LogP contribution in [0.2, 0.25) is 0 Å². The number of carbonyl (C=O) groups is 2. The van der Waals surface area contributed by atoms with Crippen LogP contribution in [0, 0.1) is 5.92 Å². The lowest BCUT2D eigenvalue weighted by Crippen LogP contribution is -2.42. The number of benzene rings is 2. The molecule has 0 radical (unpaired) electrons. The molecule has 1 aliphatic heterocycles. The zero-order valence-electron chi connectivity index (χ0n) is 19.2. The number of hydrogen-bond donors (Lipinski definition) is 3. The van der Waals surface area contributed by atoms with Crippen LogP contribution in [0.25, 0.3) is 11.1 Å². The SMILES string of the molecule is O=C(NC(Cc1ccc(OCCCCC2CCNCC2)cc1)C(=O)O)c1nc2ccccc2o1. The molecule has 1 unspecified atom stereocenters. The van der Waals surface area contributed by atoms with Crippen LogP contribution in [-0.2, 0) is 11.2 Å². The summed E-state index contributed by atoms with van der Waals surface area (Å²) in [5.74, 6) is -0.346. The zero-order valence-corrected chi connectivity index (χ0v) is 19.2. The van der Waals surface area contributed by atoms with E-state index in [0.29, 0.717) is 17.7 Å². The number of carboxylic acid groups (broad SMARTS) is 1. The van der Waals surface area contributed by atoms with Crippen molar-refractivity contribution in [3.05, 3.63) is 60.0 Å². The maximum Gasteiger partial charge on any atom is 0.326 e. The van der Waals surface area contributed by atoms with Crippen LogP contribution in [0.3, 0.4) is 0 Å². The van der Waals surface area contributed by atoms with Gasteiger partial charge in [-0.25, -0.2) is 9.78 Å². The molecule has 180 valence electrons. The van der Waals surface area contributed by atoms with Crippen LogP contribution in [0.4, 0.5) is 0 Å². The van der Waals surface area contributed by atoms with E-state index in [9.17, 15) is 14.7 Å². The Balaban J connectivity index is 1.24. The first-order valence-electron chi connectivity index (χ1n) is 11.9. The summed E-state index contributed by atoms with van der Waals surface area (Å²) in [6.45, 7) is 2.94. The van der Waals surface area contributed by atoms with Crippen LogP contribution in [0.5, 0.6) is 5.75 Å². The fourth-order valence-electron chi connectivity index (χ4n) is 4.24. The minimum atomic E-state index is -1.13. The van der Waals surface area contributed by atoms with E-state index >= 15 is 0 Å². The largest absolute Gasteiger partial charge is 0.494 e. The van der Waals surface area contributed by atoms with E-state index in [0.717, 1.165) is 36.7 Å². The molecule has 0 bridgehead atoms. The second-order valence-electron chi connectivity index (χ2n) is 8.74. The molecule has 1 aliphatic rings. The number of carboxylic acids is 1. The van der Waals surface area contributed by atoms with Gasteiger partial charge in [-0.05, 0) is 74.5 Å². The van der Waals surface area contributed by atoms with Gasteiger partial charge in [0.05, 0.1) is 6.61 Å². The topological polar surface area (TPSA) is 114 Å². The van der Waals surface area contributed by atoms with Crippen molar-refractivity contribution in [2.75, 3.05) is 19.7 Å². The van der Waals surface area contributed by atoms with Gasteiger partial charge in [-0.15, -0.1) is 0 Å². The van der Waals surface area contributed by atoms with Crippen molar-refractivity contribution < 1.29 is 23.8 Å². The van der Waals surface area contributed by atoms with E-state index in [1.54, 1.807) is 24.3 Å². The molecule has 34 heavy (non-hydrogen) atoms. The normalized spacial score (nSPS) is 15.2. The molecule has 1 amide bonds. The number of rotatable bonds is 11. The molecule has 2 heterocycles. The van der Waals surface area contributed by atoms with E-state index in [4.69, 9.17) is 9.15 Å². The first kappa shape index (κ1) is 23.8. The van der Waals surface area contributed by atoms with Crippen molar-refractivity contribution in [3.63, 3.8) is 0 Å². The molecule has 3 N–H and O–H groups in total. The van der Waals surface area contributed by atoms with Crippen LogP contribution in [0.1, 0.15) is 48.4 Å². The fourth-order valence-corrected chi connectivity index (χ4v) is 4.24. The average Bonchev–Trinajstić information content (AvgIpc) is 3.29. The van der Waals surface area contributed by atoms with Crippen LogP contribution < -0.4 is 15.4 Å². The molecule has 1 fully saturated rings. The Hall–Kier alpha value is -3.39. The summed E-state index contributed by atoms with van der Waals surface area (Å²) in [4.78, 5) is 28.3. The summed E-state index contributed by atoms with van der Waals surface area (Å²) in [7, 11) is 0. The number of para-hydroxylation sites is 2. The van der Waals surface area contributed by atoms with Crippen molar-refractivity contribution in [1.82, 2.24) is 15.6 Å². The van der Waals surface area contributed by atoms with Gasteiger partial charge in [0.2, 0.25) is 0 Å². The third kappa shape index (κ3) is 6.57. The quantitative estimate of drug-likeness (QED) is 0.369. The van der Waals surface area contributed by atoms with Crippen molar-refractivity contribution in [2.45, 2.75) is 44.6 Å². The number of fused-ring (bicyclic) bond motifs is 1. The molecular formula is C26H31N3O5. The Morgan fingerprint density at radius 2 is 1.88 bits per heavy atom. The van der Waals surface area contributed by atoms with E-state index in [-0.39, 0.29) is 12.3 Å². The summed E-state index contributed by atoms with van der Waals surface area (Å²) < 4.78 is 11.3. The molecule has 8 heteroatoms. The number of piperidine rings is 1. The molecule has 4 rings (SSSR count). The second-order valence-corrected chi connectivity index (χ2v) is 8.74. The lowest BCUT2D eigenvalue weighted by atomic mass is 9.93. The van der Waals surface area contributed by atoms with Crippen molar-refractivity contribution in [1.29, 1.82) is 0 Å². The van der Waals surface area contributed by atoms with Crippen LogP contribution in [-0.4, -0.2) is 47.7 Å². The predicted molar refractivity (Wildman–Crippen MR) is 128 cm³/mol. The molecule has 2 aromatic carbocycles. The molecule has 1 aromatic heterocycles. The molecule has 1 atom stereocenters. The summed E-state index contributed by atoms with van der Waals surface area (Å²) in [6, 6.07) is 13.2. The summed E-state index contributed by atoms with van der Waals surface area (Å²) in [5, 5.41) is 15.5. The molecule has 0 saturated carbocycles. The molecule has 0 spiro atoms. The second kappa shape index (κ2) is 11.7. The van der Waals surface area contributed by atoms with Gasteiger partial charge < -0.3 is 24.9 Å². The van der Waals surface area contributed by atoms with Gasteiger partial charge in [0.15, 0.2) is 5.58 Å². The van der Waals surface area contributed by atoms with Gasteiger partial charge in [0, 0.05) is 6.42 Å². The molecule has 1 saturated heterocycles. The summed E-state index contributed by atoms with van der Waals surface area (Å²) in [6.07, 6.45) is 6.13. The van der Waals surface area contributed by atoms with Gasteiger partial charge in [0.25, 0.3) is 5.89 Å². The number of ether oxygens (including phenoxy) is 1. The Morgan fingerprint density at radius 3 is 2.62 bits per heavy atom. The highest BCUT2D eigenvalue weighted by molar-refractivity contribution is 5.94. The van der Waals surface area contributed by atoms with E-state index in [1.807, 2.05) is 24.3 Å². The monoisotopic (exact) mass is 465 g/mol. The van der Waals surface area contributed by atoms with E-state index in [1.165, 1.54) is 25.7 Å². The molecule has 8 nitrogen and oxygen atoms in total. The van der Waals surface area contributed by atoms with Crippen molar-refractivity contribution in [2.24, 2.45) is 5.92 Å². The molecular weight excluding hydrogens is 434 g/mol. The standard InChI is InChI=1S/C26H31N3O5/c30-24(25-29-21-6-1-2-7-23(21)34-25)28-22(26(31)32)17-19-8-10-20(11-9-19)33-16-4-3-5-18-12-14-27-15-13-18/h1-2,6-11,18,22,27H,3-5,12-17H2,(H,28,30)(H,31,32). The van der Waals surface area contributed by atoms with Gasteiger partial charge in [0.1, 0.15) is 17.3 Å². The summed E-state index contributed by atoms with van der Waals surface area (Å²) in [5.41, 5.74) is 1.80. The van der Waals surface area contributed by atoms with E-state index < -0.39 is 17.9 Å². The Morgan fingerprint density at radius 1 is 1.12 bits per heavy atom. The van der Waals surface area contributed by atoms with Gasteiger partial charge in [-0.3, -0.25) is 4.79 Å². The number of nitrogens with one attached hydrogen (secondary N) is 2. The van der Waals surface area contributed by atoms with Gasteiger partial charge >= 0.3 is 11.9 Å². The third-order valence-corrected chi connectivity index (χ3v) is 6.19. The number of hydrogen-bond acceptors (Lipinski definition) is 6. The first-order valence-corrected chi connectivity index (χ1v) is 11.9. The van der Waals surface area contributed by atoms with Crippen molar-refractivity contribution in [3.8, 4) is 5.75 Å². The molecule has 0 aliphatic carbocycles. The zero-order chi connectivity index (χ0) is 23.8. The minimum Gasteiger partial charge on any atom is -0.494 e. The number of nitrogens with zero attached hydrogens (tertiary/aromatic N) is 1. The maximum absolute atomic E-state index is 12.5. The highest BCUT2D eigenvalue weighted by Crippen LogP contribution is 2.20. The number of carbonyl (C=O) groups excluding carboxylic acids is 1.